The number of carbonyl (C=O) groups excluding carboxylic acids is 1. The summed E-state index contributed by atoms with van der Waals surface area (Å²) in [7, 11) is 0. The number of halogens is 1. The van der Waals surface area contributed by atoms with Gasteiger partial charge in [0.1, 0.15) is 5.69 Å². The standard InChI is InChI=1S/C24H16ClN5O/c25-18-9-3-1-7-15(18)14-26-30-24(31)17-13-22(27-19-10-4-2-8-16(17)19)23-28-20-11-5-6-12-21(20)29-23/h1-14H,(H,28,29)(H,30,31)/b26-14+. The van der Waals surface area contributed by atoms with Gasteiger partial charge in [-0.05, 0) is 30.3 Å². The maximum atomic E-state index is 13.0. The summed E-state index contributed by atoms with van der Waals surface area (Å²) >= 11 is 6.13. The number of imidazole rings is 1. The van der Waals surface area contributed by atoms with Gasteiger partial charge in [0.15, 0.2) is 5.82 Å². The number of benzene rings is 3. The van der Waals surface area contributed by atoms with E-state index in [2.05, 4.69) is 20.5 Å². The van der Waals surface area contributed by atoms with Crippen molar-refractivity contribution >= 4 is 45.7 Å². The first-order chi connectivity index (χ1) is 15.2. The Morgan fingerprint density at radius 3 is 2.52 bits per heavy atom. The maximum absolute atomic E-state index is 13.0. The van der Waals surface area contributed by atoms with Gasteiger partial charge in [0.25, 0.3) is 5.91 Å². The van der Waals surface area contributed by atoms with Gasteiger partial charge in [-0.2, -0.15) is 5.10 Å². The molecule has 150 valence electrons. The average molecular weight is 426 g/mol. The van der Waals surface area contributed by atoms with Crippen LogP contribution in [0.5, 0.6) is 0 Å². The molecule has 5 aromatic rings. The second-order valence-corrected chi connectivity index (χ2v) is 7.30. The van der Waals surface area contributed by atoms with E-state index in [1.807, 2.05) is 66.7 Å². The van der Waals surface area contributed by atoms with Gasteiger partial charge in [0.2, 0.25) is 0 Å². The molecule has 31 heavy (non-hydrogen) atoms. The van der Waals surface area contributed by atoms with E-state index in [1.165, 1.54) is 6.21 Å². The van der Waals surface area contributed by atoms with Crippen LogP contribution in [0.25, 0.3) is 33.5 Å². The monoisotopic (exact) mass is 425 g/mol. The molecule has 0 fully saturated rings. The van der Waals surface area contributed by atoms with Gasteiger partial charge >= 0.3 is 0 Å². The minimum atomic E-state index is -0.348. The van der Waals surface area contributed by atoms with Crippen molar-refractivity contribution in [2.45, 2.75) is 0 Å². The van der Waals surface area contributed by atoms with Crippen LogP contribution in [-0.4, -0.2) is 27.1 Å². The minimum absolute atomic E-state index is 0.348. The molecule has 0 unspecified atom stereocenters. The highest BCUT2D eigenvalue weighted by molar-refractivity contribution is 6.33. The number of amides is 1. The number of nitrogens with one attached hydrogen (secondary N) is 2. The first-order valence-corrected chi connectivity index (χ1v) is 10.00. The number of aromatic amines is 1. The molecular formula is C24H16ClN5O. The number of fused-ring (bicyclic) bond motifs is 2. The average Bonchev–Trinajstić information content (AvgIpc) is 3.24. The zero-order chi connectivity index (χ0) is 21.2. The Morgan fingerprint density at radius 2 is 1.68 bits per heavy atom. The van der Waals surface area contributed by atoms with Crippen molar-refractivity contribution in [1.82, 2.24) is 20.4 Å². The largest absolute Gasteiger partial charge is 0.337 e. The van der Waals surface area contributed by atoms with Crippen LogP contribution in [0.15, 0.2) is 84.0 Å². The molecule has 6 nitrogen and oxygen atoms in total. The highest BCUT2D eigenvalue weighted by Crippen LogP contribution is 2.25. The Morgan fingerprint density at radius 1 is 0.935 bits per heavy atom. The normalized spacial score (nSPS) is 11.4. The molecule has 3 aromatic carbocycles. The number of hydrogen-bond donors (Lipinski definition) is 2. The molecule has 7 heteroatoms. The van der Waals surface area contributed by atoms with Crippen LogP contribution < -0.4 is 5.43 Å². The lowest BCUT2D eigenvalue weighted by molar-refractivity contribution is 0.0956. The molecule has 2 N–H and O–H groups in total. The lowest BCUT2D eigenvalue weighted by atomic mass is 10.1. The summed E-state index contributed by atoms with van der Waals surface area (Å²) < 4.78 is 0. The van der Waals surface area contributed by atoms with E-state index < -0.39 is 0 Å². The van der Waals surface area contributed by atoms with Crippen molar-refractivity contribution in [3.8, 4) is 11.5 Å². The first kappa shape index (κ1) is 19.0. The van der Waals surface area contributed by atoms with Gasteiger partial charge in [0.05, 0.1) is 28.3 Å². The molecule has 0 aliphatic heterocycles. The van der Waals surface area contributed by atoms with Gasteiger partial charge in [-0.3, -0.25) is 4.79 Å². The summed E-state index contributed by atoms with van der Waals surface area (Å²) in [6.45, 7) is 0. The van der Waals surface area contributed by atoms with Crippen LogP contribution in [0.1, 0.15) is 15.9 Å². The second kappa shape index (κ2) is 8.01. The van der Waals surface area contributed by atoms with E-state index in [-0.39, 0.29) is 5.91 Å². The summed E-state index contributed by atoms with van der Waals surface area (Å²) in [6, 6.07) is 24.2. The summed E-state index contributed by atoms with van der Waals surface area (Å²) in [6.07, 6.45) is 1.52. The predicted molar refractivity (Wildman–Crippen MR) is 123 cm³/mol. The molecule has 0 atom stereocenters. The number of hydrazone groups is 1. The number of para-hydroxylation sites is 3. The van der Waals surface area contributed by atoms with Gasteiger partial charge < -0.3 is 4.98 Å². The fourth-order valence-corrected chi connectivity index (χ4v) is 3.54. The van der Waals surface area contributed by atoms with Crippen molar-refractivity contribution < 1.29 is 4.79 Å². The Balaban J connectivity index is 1.52. The zero-order valence-electron chi connectivity index (χ0n) is 16.2. The molecule has 0 radical (unpaired) electrons. The quantitative estimate of drug-likeness (QED) is 0.307. The molecule has 0 saturated carbocycles. The Bertz CT molecular complexity index is 1420. The number of H-pyrrole nitrogens is 1. The number of hydrogen-bond acceptors (Lipinski definition) is 4. The van der Waals surface area contributed by atoms with Gasteiger partial charge in [-0.25, -0.2) is 15.4 Å². The maximum Gasteiger partial charge on any atom is 0.272 e. The highest BCUT2D eigenvalue weighted by atomic mass is 35.5. The third-order valence-corrected chi connectivity index (χ3v) is 5.21. The van der Waals surface area contributed by atoms with Crippen LogP contribution >= 0.6 is 11.6 Å². The first-order valence-electron chi connectivity index (χ1n) is 9.62. The molecule has 0 spiro atoms. The second-order valence-electron chi connectivity index (χ2n) is 6.90. The predicted octanol–water partition coefficient (Wildman–Crippen LogP) is 5.20. The Labute approximate surface area is 182 Å². The van der Waals surface area contributed by atoms with Crippen molar-refractivity contribution in [2.24, 2.45) is 5.10 Å². The van der Waals surface area contributed by atoms with Crippen LogP contribution in [0.3, 0.4) is 0 Å². The van der Waals surface area contributed by atoms with E-state index in [0.29, 0.717) is 33.2 Å². The van der Waals surface area contributed by atoms with Crippen LogP contribution in [0.2, 0.25) is 5.02 Å². The number of nitrogens with zero attached hydrogens (tertiary/aromatic N) is 3. The molecule has 0 saturated heterocycles. The van der Waals surface area contributed by atoms with E-state index in [9.17, 15) is 4.79 Å². The topological polar surface area (TPSA) is 83.0 Å². The number of aromatic nitrogens is 3. The molecule has 5 rings (SSSR count). The lowest BCUT2D eigenvalue weighted by Gasteiger charge is -2.07. The van der Waals surface area contributed by atoms with Crippen molar-refractivity contribution in [2.75, 3.05) is 0 Å². The summed E-state index contributed by atoms with van der Waals surface area (Å²) in [4.78, 5) is 25.5. The Kier molecular flexibility index (Phi) is 4.90. The lowest BCUT2D eigenvalue weighted by Crippen LogP contribution is -2.18. The van der Waals surface area contributed by atoms with Crippen LogP contribution in [0.4, 0.5) is 0 Å². The van der Waals surface area contributed by atoms with Gasteiger partial charge in [-0.15, -0.1) is 0 Å². The van der Waals surface area contributed by atoms with E-state index in [0.717, 1.165) is 16.4 Å². The fourth-order valence-electron chi connectivity index (χ4n) is 3.36. The highest BCUT2D eigenvalue weighted by Gasteiger charge is 2.15. The third kappa shape index (κ3) is 3.76. The molecule has 1 amide bonds. The number of pyridine rings is 1. The number of rotatable bonds is 4. The number of carbonyl (C=O) groups is 1. The smallest absolute Gasteiger partial charge is 0.272 e. The van der Waals surface area contributed by atoms with Crippen LogP contribution in [-0.2, 0) is 0 Å². The fraction of sp³-hybridized carbons (Fsp3) is 0. The SMILES string of the molecule is O=C(N/N=C/c1ccccc1Cl)c1cc(-c2nc3ccccc3[nH]2)nc2ccccc12. The van der Waals surface area contributed by atoms with Crippen molar-refractivity contribution in [3.05, 3.63) is 95.0 Å². The van der Waals surface area contributed by atoms with Crippen molar-refractivity contribution in [1.29, 1.82) is 0 Å². The molecular weight excluding hydrogens is 410 g/mol. The summed E-state index contributed by atoms with van der Waals surface area (Å²) in [5, 5.41) is 5.36. The summed E-state index contributed by atoms with van der Waals surface area (Å²) in [5.41, 5.74) is 6.77. The van der Waals surface area contributed by atoms with E-state index in [4.69, 9.17) is 16.6 Å². The Hall–Kier alpha value is -4.03. The molecule has 2 aromatic heterocycles. The third-order valence-electron chi connectivity index (χ3n) is 4.87. The van der Waals surface area contributed by atoms with Gasteiger partial charge in [-0.1, -0.05) is 60.1 Å². The molecule has 2 heterocycles. The molecule has 0 aliphatic rings. The van der Waals surface area contributed by atoms with Gasteiger partial charge in [0, 0.05) is 16.0 Å². The van der Waals surface area contributed by atoms with Crippen LogP contribution in [0, 0.1) is 0 Å². The minimum Gasteiger partial charge on any atom is -0.337 e. The van der Waals surface area contributed by atoms with Crippen molar-refractivity contribution in [3.63, 3.8) is 0 Å². The summed E-state index contributed by atoms with van der Waals surface area (Å²) in [5.74, 6) is 0.250. The molecule has 0 aliphatic carbocycles. The molecule has 0 bridgehead atoms. The van der Waals surface area contributed by atoms with E-state index in [1.54, 1.807) is 12.1 Å². The van der Waals surface area contributed by atoms with E-state index >= 15 is 0 Å². The zero-order valence-corrected chi connectivity index (χ0v) is 17.0.